The zero-order chi connectivity index (χ0) is 11.1. The molecule has 1 aromatic rings. The lowest BCUT2D eigenvalue weighted by atomic mass is 10.1. The van der Waals surface area contributed by atoms with Gasteiger partial charge in [0.2, 0.25) is 0 Å². The van der Waals surface area contributed by atoms with Crippen molar-refractivity contribution in [2.24, 2.45) is 0 Å². The fourth-order valence-electron chi connectivity index (χ4n) is 1.05. The first-order valence-electron chi connectivity index (χ1n) is 4.77. The molecule has 0 fully saturated rings. The van der Waals surface area contributed by atoms with Crippen molar-refractivity contribution in [1.82, 2.24) is 0 Å². The summed E-state index contributed by atoms with van der Waals surface area (Å²) in [5, 5.41) is 0. The molecule has 0 heterocycles. The Labute approximate surface area is 106 Å². The average Bonchev–Trinajstić information content (AvgIpc) is 2.27. The zero-order valence-corrected chi connectivity index (χ0v) is 11.2. The molecule has 80 valence electrons. The monoisotopic (exact) mass is 254 g/mol. The van der Waals surface area contributed by atoms with Crippen LogP contribution in [0, 0.1) is 0 Å². The second kappa shape index (κ2) is 7.09. The van der Waals surface area contributed by atoms with Crippen LogP contribution >= 0.6 is 35.7 Å². The SMILES string of the molecule is C=Cc1ccc(CSC(=S)SCC)cc1. The van der Waals surface area contributed by atoms with E-state index in [1.165, 1.54) is 5.56 Å². The van der Waals surface area contributed by atoms with Gasteiger partial charge in [0, 0.05) is 5.75 Å². The molecule has 0 amide bonds. The Morgan fingerprint density at radius 3 is 2.53 bits per heavy atom. The van der Waals surface area contributed by atoms with Gasteiger partial charge in [0.15, 0.2) is 0 Å². The van der Waals surface area contributed by atoms with Crippen LogP contribution in [0.4, 0.5) is 0 Å². The van der Waals surface area contributed by atoms with Gasteiger partial charge in [0.25, 0.3) is 0 Å². The summed E-state index contributed by atoms with van der Waals surface area (Å²) >= 11 is 8.68. The summed E-state index contributed by atoms with van der Waals surface area (Å²) in [5.41, 5.74) is 2.47. The Morgan fingerprint density at radius 1 is 1.33 bits per heavy atom. The molecular formula is C12H14S3. The van der Waals surface area contributed by atoms with Crippen LogP contribution in [-0.2, 0) is 5.75 Å². The largest absolute Gasteiger partial charge is 0.108 e. The Balaban J connectivity index is 2.44. The van der Waals surface area contributed by atoms with E-state index in [2.05, 4.69) is 37.8 Å². The first-order chi connectivity index (χ1) is 7.26. The quantitative estimate of drug-likeness (QED) is 0.721. The standard InChI is InChI=1S/C12H14S3/c1-3-10-5-7-11(8-6-10)9-15-12(13)14-4-2/h3,5-8H,1,4,9H2,2H3. The number of thioether (sulfide) groups is 2. The van der Waals surface area contributed by atoms with Crippen molar-refractivity contribution in [2.45, 2.75) is 12.7 Å². The molecule has 0 unspecified atom stereocenters. The van der Waals surface area contributed by atoms with Gasteiger partial charge in [-0.05, 0) is 16.9 Å². The van der Waals surface area contributed by atoms with Crippen LogP contribution in [0.2, 0.25) is 0 Å². The highest BCUT2D eigenvalue weighted by Gasteiger charge is 1.98. The summed E-state index contributed by atoms with van der Waals surface area (Å²) in [6.07, 6.45) is 1.86. The minimum Gasteiger partial charge on any atom is -0.108 e. The van der Waals surface area contributed by atoms with E-state index >= 15 is 0 Å². The molecule has 0 aliphatic carbocycles. The van der Waals surface area contributed by atoms with Gasteiger partial charge in [-0.1, -0.05) is 56.1 Å². The molecule has 0 saturated carbocycles. The number of hydrogen-bond donors (Lipinski definition) is 0. The maximum atomic E-state index is 5.21. The summed E-state index contributed by atoms with van der Waals surface area (Å²) in [5.74, 6) is 2.02. The van der Waals surface area contributed by atoms with E-state index in [9.17, 15) is 0 Å². The van der Waals surface area contributed by atoms with E-state index in [1.807, 2.05) is 6.08 Å². The van der Waals surface area contributed by atoms with Crippen LogP contribution in [0.1, 0.15) is 18.1 Å². The lowest BCUT2D eigenvalue weighted by molar-refractivity contribution is 1.42. The second-order valence-corrected chi connectivity index (χ2v) is 6.36. The third kappa shape index (κ3) is 4.87. The average molecular weight is 254 g/mol. The highest BCUT2D eigenvalue weighted by atomic mass is 32.2. The molecule has 0 aliphatic heterocycles. The van der Waals surface area contributed by atoms with Crippen LogP contribution in [-0.4, -0.2) is 9.28 Å². The van der Waals surface area contributed by atoms with E-state index in [4.69, 9.17) is 12.2 Å². The minimum atomic E-state index is 0.962. The van der Waals surface area contributed by atoms with Crippen LogP contribution in [0.3, 0.4) is 0 Å². The maximum absolute atomic E-state index is 5.21. The van der Waals surface area contributed by atoms with Gasteiger partial charge in [-0.2, -0.15) is 0 Å². The van der Waals surface area contributed by atoms with Crippen molar-refractivity contribution in [1.29, 1.82) is 0 Å². The van der Waals surface area contributed by atoms with E-state index in [1.54, 1.807) is 23.5 Å². The molecule has 0 bridgehead atoms. The second-order valence-electron chi connectivity index (χ2n) is 2.92. The highest BCUT2D eigenvalue weighted by molar-refractivity contribution is 8.46. The summed E-state index contributed by atoms with van der Waals surface area (Å²) in [6, 6.07) is 8.42. The Bertz CT molecular complexity index is 327. The summed E-state index contributed by atoms with van der Waals surface area (Å²) in [7, 11) is 0. The zero-order valence-electron chi connectivity index (χ0n) is 8.73. The fourth-order valence-corrected chi connectivity index (χ4v) is 3.16. The molecule has 0 saturated heterocycles. The molecular weight excluding hydrogens is 240 g/mol. The number of rotatable bonds is 4. The van der Waals surface area contributed by atoms with Gasteiger partial charge in [0.05, 0.1) is 0 Å². The Hall–Kier alpha value is -0.250. The van der Waals surface area contributed by atoms with Gasteiger partial charge < -0.3 is 0 Å². The van der Waals surface area contributed by atoms with E-state index < -0.39 is 0 Å². The molecule has 0 radical (unpaired) electrons. The van der Waals surface area contributed by atoms with Crippen molar-refractivity contribution in [3.05, 3.63) is 42.0 Å². The predicted octanol–water partition coefficient (Wildman–Crippen LogP) is 4.60. The smallest absolute Gasteiger partial charge is 0.104 e. The molecule has 1 aromatic carbocycles. The van der Waals surface area contributed by atoms with Crippen molar-refractivity contribution in [3.63, 3.8) is 0 Å². The van der Waals surface area contributed by atoms with Gasteiger partial charge in [0.1, 0.15) is 3.53 Å². The molecule has 0 spiro atoms. The molecule has 0 atom stereocenters. The van der Waals surface area contributed by atoms with Gasteiger partial charge in [-0.3, -0.25) is 0 Å². The lowest BCUT2D eigenvalue weighted by Gasteiger charge is -2.02. The molecule has 1 rings (SSSR count). The van der Waals surface area contributed by atoms with E-state index in [0.29, 0.717) is 0 Å². The van der Waals surface area contributed by atoms with E-state index in [-0.39, 0.29) is 0 Å². The van der Waals surface area contributed by atoms with Crippen LogP contribution < -0.4 is 0 Å². The molecule has 0 aliphatic rings. The predicted molar refractivity (Wildman–Crippen MR) is 78.6 cm³/mol. The third-order valence-electron chi connectivity index (χ3n) is 1.83. The minimum absolute atomic E-state index is 0.962. The maximum Gasteiger partial charge on any atom is 0.104 e. The van der Waals surface area contributed by atoms with Crippen molar-refractivity contribution >= 4 is 45.3 Å². The Kier molecular flexibility index (Phi) is 6.06. The number of benzene rings is 1. The number of thiocarbonyl (C=S) groups is 1. The first kappa shape index (κ1) is 12.8. The lowest BCUT2D eigenvalue weighted by Crippen LogP contribution is -1.85. The summed E-state index contributed by atoms with van der Waals surface area (Å²) in [6.45, 7) is 5.85. The van der Waals surface area contributed by atoms with Gasteiger partial charge in [-0.15, -0.1) is 23.5 Å². The Morgan fingerprint density at radius 2 is 2.00 bits per heavy atom. The molecule has 0 nitrogen and oxygen atoms in total. The number of hydrogen-bond acceptors (Lipinski definition) is 3. The van der Waals surface area contributed by atoms with E-state index in [0.717, 1.165) is 20.6 Å². The topological polar surface area (TPSA) is 0 Å². The molecule has 0 aromatic heterocycles. The van der Waals surface area contributed by atoms with Crippen LogP contribution in [0.25, 0.3) is 6.08 Å². The van der Waals surface area contributed by atoms with Crippen molar-refractivity contribution in [3.8, 4) is 0 Å². The third-order valence-corrected chi connectivity index (χ3v) is 4.49. The van der Waals surface area contributed by atoms with Crippen LogP contribution in [0.5, 0.6) is 0 Å². The normalized spacial score (nSPS) is 9.93. The first-order valence-corrected chi connectivity index (χ1v) is 7.15. The molecule has 15 heavy (non-hydrogen) atoms. The molecule has 3 heteroatoms. The molecule has 0 N–H and O–H groups in total. The summed E-state index contributed by atoms with van der Waals surface area (Å²) < 4.78 is 1.03. The van der Waals surface area contributed by atoms with Gasteiger partial charge >= 0.3 is 0 Å². The fraction of sp³-hybridized carbons (Fsp3) is 0.250. The highest BCUT2D eigenvalue weighted by Crippen LogP contribution is 2.21. The summed E-state index contributed by atoms with van der Waals surface area (Å²) in [4.78, 5) is 0. The van der Waals surface area contributed by atoms with Gasteiger partial charge in [-0.25, -0.2) is 0 Å². The van der Waals surface area contributed by atoms with Crippen LogP contribution in [0.15, 0.2) is 30.8 Å². The van der Waals surface area contributed by atoms with Crippen molar-refractivity contribution in [2.75, 3.05) is 5.75 Å². The van der Waals surface area contributed by atoms with Crippen molar-refractivity contribution < 1.29 is 0 Å².